The van der Waals surface area contributed by atoms with Crippen LogP contribution in [0.1, 0.15) is 12.5 Å². The van der Waals surface area contributed by atoms with Gasteiger partial charge in [0, 0.05) is 17.7 Å². The summed E-state index contributed by atoms with van der Waals surface area (Å²) in [4.78, 5) is 11.1. The molecule has 10 heteroatoms. The Morgan fingerprint density at radius 2 is 1.68 bits per heavy atom. The Hall–Kier alpha value is -1.95. The summed E-state index contributed by atoms with van der Waals surface area (Å²) in [5.41, 5.74) is -2.07. The average molecular weight is 272 g/mol. The van der Waals surface area contributed by atoms with E-state index in [-0.39, 0.29) is 5.56 Å². The number of anilines is 3. The van der Waals surface area contributed by atoms with E-state index in [1.165, 1.54) is 6.92 Å². The summed E-state index contributed by atoms with van der Waals surface area (Å²) < 4.78 is 0. The molecule has 19 heavy (non-hydrogen) atoms. The van der Waals surface area contributed by atoms with E-state index in [4.69, 9.17) is 15.6 Å². The van der Waals surface area contributed by atoms with Crippen LogP contribution in [0.5, 0.6) is 0 Å². The van der Waals surface area contributed by atoms with Gasteiger partial charge in [-0.05, 0) is 19.1 Å². The molecular weight excluding hydrogens is 262 g/mol. The molecule has 0 amide bonds. The van der Waals surface area contributed by atoms with Crippen molar-refractivity contribution in [1.29, 1.82) is 0 Å². The van der Waals surface area contributed by atoms with Crippen LogP contribution in [0.15, 0.2) is 12.1 Å². The molecule has 0 atom stereocenters. The lowest BCUT2D eigenvalue weighted by Crippen LogP contribution is -2.19. The van der Waals surface area contributed by atoms with Crippen LogP contribution in [0.4, 0.5) is 17.1 Å². The Bertz CT molecular complexity index is 446. The molecule has 0 unspecified atom stereocenters. The molecule has 1 aromatic carbocycles. The maximum absolute atomic E-state index is 11.1. The van der Waals surface area contributed by atoms with Gasteiger partial charge in [0.1, 0.15) is 11.5 Å². The first-order valence-electron chi connectivity index (χ1n) is 4.88. The van der Waals surface area contributed by atoms with Crippen LogP contribution in [-0.2, 0) is 11.2 Å². The van der Waals surface area contributed by atoms with Crippen molar-refractivity contribution < 1.29 is 20.4 Å². The summed E-state index contributed by atoms with van der Waals surface area (Å²) in [6, 6.07) is 1.48. The minimum atomic E-state index is -0.891. The molecule has 0 saturated heterocycles. The first-order chi connectivity index (χ1) is 8.73. The molecule has 0 bridgehead atoms. The van der Waals surface area contributed by atoms with Gasteiger partial charge in [-0.25, -0.2) is 0 Å². The second kappa shape index (κ2) is 5.79. The van der Waals surface area contributed by atoms with Crippen molar-refractivity contribution >= 4 is 22.8 Å². The molecular formula is C9H10N3O7-3. The smallest absolute Gasteiger partial charge is 0.134 e. The summed E-state index contributed by atoms with van der Waals surface area (Å²) in [5.74, 6) is -0.444. The van der Waals surface area contributed by atoms with Crippen LogP contribution in [0, 0.1) is 15.6 Å². The number of rotatable bonds is 5. The number of hydrogen-bond acceptors (Lipinski definition) is 10. The zero-order chi connectivity index (χ0) is 14.7. The Kier molecular flexibility index (Phi) is 4.61. The van der Waals surface area contributed by atoms with E-state index in [9.17, 15) is 20.4 Å². The highest BCUT2D eigenvalue weighted by atomic mass is 16.8. The Balaban J connectivity index is 3.50. The first-order valence-corrected chi connectivity index (χ1v) is 4.88. The largest absolute Gasteiger partial charge is 0.769 e. The molecule has 3 N–H and O–H groups in total. The van der Waals surface area contributed by atoms with Gasteiger partial charge in [-0.2, -0.15) is 0 Å². The number of benzene rings is 1. The number of hydrogen-bond donors (Lipinski definition) is 3. The van der Waals surface area contributed by atoms with Crippen molar-refractivity contribution in [1.82, 2.24) is 0 Å². The highest BCUT2D eigenvalue weighted by Crippen LogP contribution is 2.34. The van der Waals surface area contributed by atoms with Crippen molar-refractivity contribution in [2.45, 2.75) is 13.3 Å². The highest BCUT2D eigenvalue weighted by Gasteiger charge is 2.16. The standard InChI is InChI=1S/C9H10N3O7/c1-5(13)2-7-8(11(16)17)3-6(10(14)15)4-9(7)12(18)19/h3-4,16-18H,2H2,1H3/q-3. The van der Waals surface area contributed by atoms with Crippen molar-refractivity contribution in [3.8, 4) is 0 Å². The summed E-state index contributed by atoms with van der Waals surface area (Å²) >= 11 is 0. The number of carbonyl (C=O) groups excluding carboxylic acids is 1. The maximum atomic E-state index is 11.1. The molecule has 0 heterocycles. The van der Waals surface area contributed by atoms with E-state index in [1.54, 1.807) is 0 Å². The van der Waals surface area contributed by atoms with Crippen LogP contribution in [0.3, 0.4) is 0 Å². The van der Waals surface area contributed by atoms with Gasteiger partial charge in [0.2, 0.25) is 0 Å². The Morgan fingerprint density at radius 1 is 1.16 bits per heavy atom. The van der Waals surface area contributed by atoms with E-state index in [1.807, 2.05) is 0 Å². The fourth-order valence-corrected chi connectivity index (χ4v) is 1.51. The van der Waals surface area contributed by atoms with E-state index in [0.717, 1.165) is 12.1 Å². The minimum Gasteiger partial charge on any atom is -0.769 e. The summed E-state index contributed by atoms with van der Waals surface area (Å²) in [5, 5.41) is 57.1. The van der Waals surface area contributed by atoms with Gasteiger partial charge < -0.3 is 26.1 Å². The molecule has 10 nitrogen and oxygen atoms in total. The number of ketones is 1. The molecule has 0 aliphatic rings. The monoisotopic (exact) mass is 272 g/mol. The fourth-order valence-electron chi connectivity index (χ4n) is 1.51. The molecule has 0 aromatic heterocycles. The van der Waals surface area contributed by atoms with Crippen molar-refractivity contribution in [2.75, 3.05) is 15.7 Å². The third-order valence-corrected chi connectivity index (χ3v) is 2.25. The van der Waals surface area contributed by atoms with Gasteiger partial charge in [0.25, 0.3) is 0 Å². The van der Waals surface area contributed by atoms with Gasteiger partial charge in [-0.1, -0.05) is 0 Å². The normalized spacial score (nSPS) is 10.3. The molecule has 106 valence electrons. The van der Waals surface area contributed by atoms with Crippen LogP contribution in [0.25, 0.3) is 0 Å². The van der Waals surface area contributed by atoms with Crippen LogP contribution in [-0.4, -0.2) is 21.4 Å². The summed E-state index contributed by atoms with van der Waals surface area (Å²) in [6.45, 7) is 1.17. The van der Waals surface area contributed by atoms with Crippen molar-refractivity contribution in [3.63, 3.8) is 0 Å². The molecule has 0 radical (unpaired) electrons. The predicted octanol–water partition coefficient (Wildman–Crippen LogP) is 0.898. The molecule has 0 aliphatic carbocycles. The molecule has 1 aromatic rings. The molecule has 0 saturated carbocycles. The Morgan fingerprint density at radius 3 is 2.05 bits per heavy atom. The van der Waals surface area contributed by atoms with E-state index >= 15 is 0 Å². The number of Topliss-reactive ketones (excluding diaryl/α,β-unsaturated/α-hetero) is 1. The van der Waals surface area contributed by atoms with E-state index < -0.39 is 44.9 Å². The number of nitrogens with zero attached hydrogens (tertiary/aromatic N) is 3. The zero-order valence-electron chi connectivity index (χ0n) is 9.68. The molecule has 1 rings (SSSR count). The van der Waals surface area contributed by atoms with Crippen LogP contribution < -0.4 is 15.7 Å². The van der Waals surface area contributed by atoms with Gasteiger partial charge in [0.05, 0.1) is 5.69 Å². The SMILES string of the molecule is CC(=O)Cc1c(N([O-])O)cc(N([O-])[O-])cc1N(O)O. The fraction of sp³-hybridized carbons (Fsp3) is 0.222. The van der Waals surface area contributed by atoms with Gasteiger partial charge in [-0.3, -0.25) is 20.4 Å². The molecule has 0 aliphatic heterocycles. The first kappa shape index (κ1) is 15.1. The summed E-state index contributed by atoms with van der Waals surface area (Å²) in [6.07, 6.45) is -0.417. The van der Waals surface area contributed by atoms with E-state index in [0.29, 0.717) is 0 Å². The van der Waals surface area contributed by atoms with Crippen molar-refractivity contribution in [3.05, 3.63) is 33.3 Å². The van der Waals surface area contributed by atoms with Gasteiger partial charge in [-0.15, -0.1) is 5.23 Å². The lowest BCUT2D eigenvalue weighted by Gasteiger charge is -2.39. The van der Waals surface area contributed by atoms with Gasteiger partial charge in [0.15, 0.2) is 0 Å². The third kappa shape index (κ3) is 3.51. The lowest BCUT2D eigenvalue weighted by molar-refractivity contribution is -0.116. The quantitative estimate of drug-likeness (QED) is 0.657. The highest BCUT2D eigenvalue weighted by molar-refractivity contribution is 5.85. The van der Waals surface area contributed by atoms with Crippen LogP contribution >= 0.6 is 0 Å². The second-order valence-electron chi connectivity index (χ2n) is 3.66. The average Bonchev–Trinajstić information content (AvgIpc) is 2.27. The molecule has 0 spiro atoms. The predicted molar refractivity (Wildman–Crippen MR) is 63.7 cm³/mol. The van der Waals surface area contributed by atoms with Crippen molar-refractivity contribution in [2.24, 2.45) is 0 Å². The zero-order valence-corrected chi connectivity index (χ0v) is 9.68. The molecule has 0 fully saturated rings. The number of carbonyl (C=O) groups is 1. The van der Waals surface area contributed by atoms with Gasteiger partial charge >= 0.3 is 0 Å². The van der Waals surface area contributed by atoms with E-state index in [2.05, 4.69) is 0 Å². The third-order valence-electron chi connectivity index (χ3n) is 2.25. The maximum Gasteiger partial charge on any atom is 0.134 e. The lowest BCUT2D eigenvalue weighted by atomic mass is 10.0. The minimum absolute atomic E-state index is 0.249. The summed E-state index contributed by atoms with van der Waals surface area (Å²) in [7, 11) is 0. The van der Waals surface area contributed by atoms with Crippen LogP contribution in [0.2, 0.25) is 0 Å². The second-order valence-corrected chi connectivity index (χ2v) is 3.66. The Labute approximate surface area is 106 Å². The topological polar surface area (TPSA) is 157 Å².